The molecule has 70 valence electrons. The Morgan fingerprint density at radius 3 is 2.69 bits per heavy atom. The number of nitrogens with two attached hydrogens (primary N) is 1. The highest BCUT2D eigenvalue weighted by atomic mass is 35.5. The van der Waals surface area contributed by atoms with Gasteiger partial charge >= 0.3 is 0 Å². The van der Waals surface area contributed by atoms with E-state index >= 15 is 0 Å². The third kappa shape index (κ3) is 2.12. The first kappa shape index (κ1) is 9.86. The lowest BCUT2D eigenvalue weighted by atomic mass is 10.1. The third-order valence-corrected chi connectivity index (χ3v) is 1.87. The summed E-state index contributed by atoms with van der Waals surface area (Å²) in [5.74, 6) is -0.229. The van der Waals surface area contributed by atoms with Crippen molar-refractivity contribution in [3.8, 4) is 5.75 Å². The van der Waals surface area contributed by atoms with E-state index in [4.69, 9.17) is 22.4 Å². The van der Waals surface area contributed by atoms with Crippen molar-refractivity contribution >= 4 is 23.1 Å². The standard InChI is InChI=1S/C9H10ClNO2/c1-5(10)9(13)6-2-3-8(12)7(11)4-6/h2-5,12H,11H2,1H3. The molecule has 0 bridgehead atoms. The van der Waals surface area contributed by atoms with Gasteiger partial charge < -0.3 is 10.8 Å². The molecule has 0 amide bonds. The number of carbonyl (C=O) groups is 1. The minimum Gasteiger partial charge on any atom is -0.506 e. The maximum absolute atomic E-state index is 11.3. The van der Waals surface area contributed by atoms with Crippen LogP contribution in [0.2, 0.25) is 0 Å². The van der Waals surface area contributed by atoms with Gasteiger partial charge in [-0.25, -0.2) is 0 Å². The molecule has 0 aliphatic heterocycles. The molecule has 1 unspecified atom stereocenters. The fourth-order valence-corrected chi connectivity index (χ4v) is 1.06. The van der Waals surface area contributed by atoms with Crippen LogP contribution < -0.4 is 5.73 Å². The highest BCUT2D eigenvalue weighted by Gasteiger charge is 2.12. The summed E-state index contributed by atoms with van der Waals surface area (Å²) in [6, 6.07) is 4.28. The van der Waals surface area contributed by atoms with Crippen LogP contribution in [0.3, 0.4) is 0 Å². The number of Topliss-reactive ketones (excluding diaryl/α,β-unsaturated/α-hetero) is 1. The monoisotopic (exact) mass is 199 g/mol. The van der Waals surface area contributed by atoms with E-state index in [0.717, 1.165) is 0 Å². The van der Waals surface area contributed by atoms with Gasteiger partial charge in [0.25, 0.3) is 0 Å². The van der Waals surface area contributed by atoms with Crippen LogP contribution in [0, 0.1) is 0 Å². The quantitative estimate of drug-likeness (QED) is 0.330. The van der Waals surface area contributed by atoms with Crippen molar-refractivity contribution in [1.29, 1.82) is 0 Å². The van der Waals surface area contributed by atoms with Crippen molar-refractivity contribution in [3.63, 3.8) is 0 Å². The van der Waals surface area contributed by atoms with Crippen molar-refractivity contribution in [2.24, 2.45) is 0 Å². The van der Waals surface area contributed by atoms with Gasteiger partial charge in [0, 0.05) is 5.56 Å². The number of alkyl halides is 1. The van der Waals surface area contributed by atoms with Crippen LogP contribution in [0.25, 0.3) is 0 Å². The molecule has 0 fully saturated rings. The lowest BCUT2D eigenvalue weighted by Crippen LogP contribution is -2.10. The Bertz CT molecular complexity index is 336. The van der Waals surface area contributed by atoms with Crippen LogP contribution in [0.4, 0.5) is 5.69 Å². The Labute approximate surface area is 81.1 Å². The topological polar surface area (TPSA) is 63.3 Å². The second-order valence-electron chi connectivity index (χ2n) is 2.75. The molecule has 0 aliphatic rings. The molecular formula is C9H10ClNO2. The van der Waals surface area contributed by atoms with Gasteiger partial charge in [-0.05, 0) is 25.1 Å². The predicted octanol–water partition coefficient (Wildman–Crippen LogP) is 1.78. The number of hydrogen-bond donors (Lipinski definition) is 2. The number of aromatic hydroxyl groups is 1. The molecule has 0 radical (unpaired) electrons. The molecule has 13 heavy (non-hydrogen) atoms. The molecule has 1 rings (SSSR count). The molecule has 1 aromatic carbocycles. The molecule has 0 heterocycles. The molecule has 0 spiro atoms. The van der Waals surface area contributed by atoms with Crippen molar-refractivity contribution in [1.82, 2.24) is 0 Å². The first-order valence-electron chi connectivity index (χ1n) is 3.79. The van der Waals surface area contributed by atoms with Crippen molar-refractivity contribution in [2.75, 3.05) is 5.73 Å². The summed E-state index contributed by atoms with van der Waals surface area (Å²) in [7, 11) is 0. The molecule has 1 atom stereocenters. The lowest BCUT2D eigenvalue weighted by Gasteiger charge is -2.04. The Morgan fingerprint density at radius 1 is 1.62 bits per heavy atom. The molecule has 3 N–H and O–H groups in total. The summed E-state index contributed by atoms with van der Waals surface area (Å²) >= 11 is 5.60. The number of hydrogen-bond acceptors (Lipinski definition) is 3. The number of nitrogen functional groups attached to an aromatic ring is 1. The van der Waals surface area contributed by atoms with Crippen LogP contribution in [-0.2, 0) is 0 Å². The van der Waals surface area contributed by atoms with E-state index in [-0.39, 0.29) is 17.2 Å². The maximum Gasteiger partial charge on any atom is 0.180 e. The van der Waals surface area contributed by atoms with Gasteiger partial charge in [0.1, 0.15) is 5.75 Å². The van der Waals surface area contributed by atoms with E-state index in [9.17, 15) is 4.79 Å². The highest BCUT2D eigenvalue weighted by molar-refractivity contribution is 6.33. The predicted molar refractivity (Wildman–Crippen MR) is 52.2 cm³/mol. The Morgan fingerprint density at radius 2 is 2.23 bits per heavy atom. The number of rotatable bonds is 2. The molecule has 3 nitrogen and oxygen atoms in total. The minimum atomic E-state index is -0.580. The van der Waals surface area contributed by atoms with Gasteiger partial charge in [0.2, 0.25) is 0 Å². The zero-order valence-corrected chi connectivity index (χ0v) is 7.88. The number of halogens is 1. The summed E-state index contributed by atoms with van der Waals surface area (Å²) < 4.78 is 0. The smallest absolute Gasteiger partial charge is 0.180 e. The lowest BCUT2D eigenvalue weighted by molar-refractivity contribution is 0.0992. The van der Waals surface area contributed by atoms with Gasteiger partial charge in [-0.15, -0.1) is 11.6 Å². The van der Waals surface area contributed by atoms with Gasteiger partial charge in [-0.2, -0.15) is 0 Å². The summed E-state index contributed by atoms with van der Waals surface area (Å²) in [6.07, 6.45) is 0. The minimum absolute atomic E-state index is 0.0289. The summed E-state index contributed by atoms with van der Waals surface area (Å²) in [5, 5.41) is 8.52. The van der Waals surface area contributed by atoms with E-state index in [2.05, 4.69) is 0 Å². The fourth-order valence-electron chi connectivity index (χ4n) is 0.937. The van der Waals surface area contributed by atoms with Crippen LogP contribution in [0.1, 0.15) is 17.3 Å². The van der Waals surface area contributed by atoms with E-state index in [1.807, 2.05) is 0 Å². The molecule has 0 aliphatic carbocycles. The normalized spacial score (nSPS) is 12.5. The van der Waals surface area contributed by atoms with E-state index in [1.54, 1.807) is 6.92 Å². The van der Waals surface area contributed by atoms with Crippen LogP contribution in [-0.4, -0.2) is 16.3 Å². The molecule has 0 saturated carbocycles. The van der Waals surface area contributed by atoms with Gasteiger partial charge in [0.15, 0.2) is 5.78 Å². The van der Waals surface area contributed by atoms with Crippen LogP contribution in [0.5, 0.6) is 5.75 Å². The Hall–Kier alpha value is -1.22. The number of phenols is 1. The number of ketones is 1. The van der Waals surface area contributed by atoms with E-state index in [0.29, 0.717) is 5.56 Å². The van der Waals surface area contributed by atoms with Crippen LogP contribution in [0.15, 0.2) is 18.2 Å². The summed E-state index contributed by atoms with van der Waals surface area (Å²) in [6.45, 7) is 1.59. The number of benzene rings is 1. The Kier molecular flexibility index (Phi) is 2.78. The number of anilines is 1. The van der Waals surface area contributed by atoms with E-state index < -0.39 is 5.38 Å². The highest BCUT2D eigenvalue weighted by Crippen LogP contribution is 2.21. The van der Waals surface area contributed by atoms with Gasteiger partial charge in [0.05, 0.1) is 11.1 Å². The average molecular weight is 200 g/mol. The number of carbonyl (C=O) groups excluding carboxylic acids is 1. The second-order valence-corrected chi connectivity index (χ2v) is 3.41. The van der Waals surface area contributed by atoms with Crippen molar-refractivity contribution in [3.05, 3.63) is 23.8 Å². The summed E-state index contributed by atoms with van der Waals surface area (Å²) in [5.41, 5.74) is 6.01. The van der Waals surface area contributed by atoms with Gasteiger partial charge in [-0.3, -0.25) is 4.79 Å². The zero-order valence-electron chi connectivity index (χ0n) is 7.12. The molecule has 0 saturated heterocycles. The largest absolute Gasteiger partial charge is 0.506 e. The Balaban J connectivity index is 3.04. The zero-order chi connectivity index (χ0) is 10.0. The first-order chi connectivity index (χ1) is 6.02. The average Bonchev–Trinajstić information content (AvgIpc) is 2.08. The molecule has 1 aromatic rings. The van der Waals surface area contributed by atoms with Crippen molar-refractivity contribution < 1.29 is 9.90 Å². The van der Waals surface area contributed by atoms with Crippen molar-refractivity contribution in [2.45, 2.75) is 12.3 Å². The summed E-state index contributed by atoms with van der Waals surface area (Å²) in [4.78, 5) is 11.3. The molecular weight excluding hydrogens is 190 g/mol. The van der Waals surface area contributed by atoms with Gasteiger partial charge in [-0.1, -0.05) is 0 Å². The first-order valence-corrected chi connectivity index (χ1v) is 4.23. The maximum atomic E-state index is 11.3. The second kappa shape index (κ2) is 3.66. The fraction of sp³-hybridized carbons (Fsp3) is 0.222. The SMILES string of the molecule is CC(Cl)C(=O)c1ccc(O)c(N)c1. The molecule has 0 aromatic heterocycles. The van der Waals surface area contributed by atoms with Crippen LogP contribution >= 0.6 is 11.6 Å². The number of phenolic OH excluding ortho intramolecular Hbond substituents is 1. The third-order valence-electron chi connectivity index (χ3n) is 1.67. The molecule has 4 heteroatoms. The van der Waals surface area contributed by atoms with E-state index in [1.165, 1.54) is 18.2 Å².